The SMILES string of the molecule is CC1CC(C)CN(c2nc(N)c([N+](=O)[O-])c(Nc3cccc(Cl)c3)n2)C1. The van der Waals surface area contributed by atoms with Gasteiger partial charge < -0.3 is 16.0 Å². The summed E-state index contributed by atoms with van der Waals surface area (Å²) in [4.78, 5) is 21.5. The van der Waals surface area contributed by atoms with Gasteiger partial charge in [-0.2, -0.15) is 9.97 Å². The molecule has 138 valence electrons. The van der Waals surface area contributed by atoms with E-state index in [1.807, 2.05) is 4.90 Å². The van der Waals surface area contributed by atoms with Gasteiger partial charge in [0.1, 0.15) is 0 Å². The molecule has 8 nitrogen and oxygen atoms in total. The molecule has 1 fully saturated rings. The molecule has 0 aliphatic carbocycles. The predicted octanol–water partition coefficient (Wildman–Crippen LogP) is 3.85. The van der Waals surface area contributed by atoms with Gasteiger partial charge in [-0.3, -0.25) is 10.1 Å². The molecule has 0 spiro atoms. The van der Waals surface area contributed by atoms with Crippen LogP contribution >= 0.6 is 11.6 Å². The minimum atomic E-state index is -0.576. The highest BCUT2D eigenvalue weighted by Crippen LogP contribution is 2.34. The van der Waals surface area contributed by atoms with E-state index in [0.29, 0.717) is 28.5 Å². The Bertz CT molecular complexity index is 821. The Morgan fingerprint density at radius 1 is 1.31 bits per heavy atom. The van der Waals surface area contributed by atoms with Gasteiger partial charge >= 0.3 is 5.69 Å². The van der Waals surface area contributed by atoms with Crippen molar-refractivity contribution in [3.05, 3.63) is 39.4 Å². The number of hydrogen-bond donors (Lipinski definition) is 2. The number of nitrogens with one attached hydrogen (secondary N) is 1. The molecule has 1 aliphatic rings. The van der Waals surface area contributed by atoms with E-state index in [2.05, 4.69) is 29.1 Å². The van der Waals surface area contributed by atoms with E-state index < -0.39 is 4.92 Å². The first-order valence-electron chi connectivity index (χ1n) is 8.43. The van der Waals surface area contributed by atoms with Crippen molar-refractivity contribution in [1.82, 2.24) is 9.97 Å². The zero-order chi connectivity index (χ0) is 18.8. The van der Waals surface area contributed by atoms with Crippen LogP contribution in [0.5, 0.6) is 0 Å². The van der Waals surface area contributed by atoms with Crippen LogP contribution in [-0.4, -0.2) is 28.0 Å². The van der Waals surface area contributed by atoms with Crippen LogP contribution in [0, 0.1) is 22.0 Å². The summed E-state index contributed by atoms with van der Waals surface area (Å²) in [5.41, 5.74) is 6.14. The van der Waals surface area contributed by atoms with E-state index in [1.54, 1.807) is 24.3 Å². The molecule has 1 saturated heterocycles. The van der Waals surface area contributed by atoms with Crippen LogP contribution < -0.4 is 16.0 Å². The van der Waals surface area contributed by atoms with Crippen molar-refractivity contribution in [3.8, 4) is 0 Å². The molecule has 0 amide bonds. The van der Waals surface area contributed by atoms with Gasteiger partial charge in [-0.25, -0.2) is 0 Å². The minimum Gasteiger partial charge on any atom is -0.378 e. The molecule has 0 saturated carbocycles. The third-order valence-electron chi connectivity index (χ3n) is 4.32. The minimum absolute atomic E-state index is 0.0608. The topological polar surface area (TPSA) is 110 Å². The molecule has 2 heterocycles. The van der Waals surface area contributed by atoms with Gasteiger partial charge in [0.05, 0.1) is 4.92 Å². The lowest BCUT2D eigenvalue weighted by Crippen LogP contribution is -2.39. The first-order valence-corrected chi connectivity index (χ1v) is 8.80. The quantitative estimate of drug-likeness (QED) is 0.615. The Morgan fingerprint density at radius 3 is 2.62 bits per heavy atom. The number of piperidine rings is 1. The second-order valence-electron chi connectivity index (χ2n) is 6.85. The van der Waals surface area contributed by atoms with E-state index in [9.17, 15) is 10.1 Å². The summed E-state index contributed by atoms with van der Waals surface area (Å²) in [7, 11) is 0. The van der Waals surface area contributed by atoms with Gasteiger partial charge in [0.25, 0.3) is 0 Å². The highest BCUT2D eigenvalue weighted by Gasteiger charge is 2.28. The van der Waals surface area contributed by atoms with E-state index in [1.165, 1.54) is 0 Å². The van der Waals surface area contributed by atoms with Crippen molar-refractivity contribution in [3.63, 3.8) is 0 Å². The maximum atomic E-state index is 11.5. The Hall–Kier alpha value is -2.61. The van der Waals surface area contributed by atoms with Crippen molar-refractivity contribution >= 4 is 40.6 Å². The van der Waals surface area contributed by atoms with Gasteiger partial charge in [-0.15, -0.1) is 0 Å². The molecule has 0 bridgehead atoms. The maximum Gasteiger partial charge on any atom is 0.353 e. The fourth-order valence-electron chi connectivity index (χ4n) is 3.40. The summed E-state index contributed by atoms with van der Waals surface area (Å²) in [6.07, 6.45) is 1.13. The lowest BCUT2D eigenvalue weighted by atomic mass is 9.92. The average molecular weight is 377 g/mol. The molecule has 3 rings (SSSR count). The largest absolute Gasteiger partial charge is 0.378 e. The van der Waals surface area contributed by atoms with Crippen LogP contribution in [0.4, 0.5) is 29.0 Å². The third-order valence-corrected chi connectivity index (χ3v) is 4.56. The monoisotopic (exact) mass is 376 g/mol. The molecule has 2 unspecified atom stereocenters. The smallest absolute Gasteiger partial charge is 0.353 e. The number of nitrogen functional groups attached to an aromatic ring is 1. The van der Waals surface area contributed by atoms with E-state index in [0.717, 1.165) is 19.5 Å². The van der Waals surface area contributed by atoms with Crippen molar-refractivity contribution in [2.24, 2.45) is 11.8 Å². The molecule has 1 aliphatic heterocycles. The second kappa shape index (κ2) is 7.33. The van der Waals surface area contributed by atoms with Gasteiger partial charge in [-0.1, -0.05) is 31.5 Å². The van der Waals surface area contributed by atoms with Crippen molar-refractivity contribution in [2.45, 2.75) is 20.3 Å². The van der Waals surface area contributed by atoms with Crippen LogP contribution in [0.15, 0.2) is 24.3 Å². The van der Waals surface area contributed by atoms with Crippen LogP contribution in [0.1, 0.15) is 20.3 Å². The molecule has 1 aromatic heterocycles. The average Bonchev–Trinajstić information content (AvgIpc) is 2.53. The molecular formula is C17H21ClN6O2. The van der Waals surface area contributed by atoms with Gasteiger partial charge in [0.2, 0.25) is 17.6 Å². The Balaban J connectivity index is 2.00. The number of hydrogen-bond acceptors (Lipinski definition) is 7. The number of halogens is 1. The fourth-order valence-corrected chi connectivity index (χ4v) is 3.59. The van der Waals surface area contributed by atoms with Crippen LogP contribution in [0.25, 0.3) is 0 Å². The van der Waals surface area contributed by atoms with Crippen molar-refractivity contribution in [1.29, 1.82) is 0 Å². The number of nitro groups is 1. The molecule has 3 N–H and O–H groups in total. The van der Waals surface area contributed by atoms with Crippen LogP contribution in [-0.2, 0) is 0 Å². The standard InChI is InChI=1S/C17H21ClN6O2/c1-10-6-11(2)9-23(8-10)17-21-15(19)14(24(25)26)16(22-17)20-13-5-3-4-12(18)7-13/h3-5,7,10-11H,6,8-9H2,1-2H3,(H3,19,20,21,22). The molecule has 2 atom stereocenters. The second-order valence-corrected chi connectivity index (χ2v) is 7.29. The summed E-state index contributed by atoms with van der Waals surface area (Å²) >= 11 is 5.99. The summed E-state index contributed by atoms with van der Waals surface area (Å²) < 4.78 is 0. The van der Waals surface area contributed by atoms with Crippen LogP contribution in [0.2, 0.25) is 5.02 Å². The molecule has 1 aromatic carbocycles. The maximum absolute atomic E-state index is 11.5. The Labute approximate surface area is 156 Å². The number of anilines is 4. The summed E-state index contributed by atoms with van der Waals surface area (Å²) in [5, 5.41) is 14.9. The molecule has 2 aromatic rings. The number of nitrogens with two attached hydrogens (primary N) is 1. The number of nitrogens with zero attached hydrogens (tertiary/aromatic N) is 4. The van der Waals surface area contributed by atoms with Crippen molar-refractivity contribution in [2.75, 3.05) is 29.0 Å². The normalized spacial score (nSPS) is 20.0. The summed E-state index contributed by atoms with van der Waals surface area (Å²) in [5.74, 6) is 1.28. The molecule has 9 heteroatoms. The lowest BCUT2D eigenvalue weighted by Gasteiger charge is -2.35. The fraction of sp³-hybridized carbons (Fsp3) is 0.412. The zero-order valence-corrected chi connectivity index (χ0v) is 15.4. The van der Waals surface area contributed by atoms with Gasteiger partial charge in [-0.05, 0) is 36.5 Å². The van der Waals surface area contributed by atoms with Gasteiger partial charge in [0, 0.05) is 23.8 Å². The zero-order valence-electron chi connectivity index (χ0n) is 14.6. The highest BCUT2D eigenvalue weighted by atomic mass is 35.5. The lowest BCUT2D eigenvalue weighted by molar-refractivity contribution is -0.383. The Kier molecular flexibility index (Phi) is 5.13. The van der Waals surface area contributed by atoms with Crippen molar-refractivity contribution < 1.29 is 4.92 Å². The van der Waals surface area contributed by atoms with Crippen LogP contribution in [0.3, 0.4) is 0 Å². The highest BCUT2D eigenvalue weighted by molar-refractivity contribution is 6.30. The van der Waals surface area contributed by atoms with E-state index >= 15 is 0 Å². The Morgan fingerprint density at radius 2 is 2.00 bits per heavy atom. The summed E-state index contributed by atoms with van der Waals surface area (Å²) in [6.45, 7) is 5.92. The molecular weight excluding hydrogens is 356 g/mol. The van der Waals surface area contributed by atoms with E-state index in [4.69, 9.17) is 17.3 Å². The van der Waals surface area contributed by atoms with Gasteiger partial charge in [0.15, 0.2) is 0 Å². The third kappa shape index (κ3) is 3.96. The first-order chi connectivity index (χ1) is 12.3. The number of rotatable bonds is 4. The molecule has 0 radical (unpaired) electrons. The molecule has 26 heavy (non-hydrogen) atoms. The van der Waals surface area contributed by atoms with E-state index in [-0.39, 0.29) is 17.3 Å². The number of aromatic nitrogens is 2. The first kappa shape index (κ1) is 18.2. The predicted molar refractivity (Wildman–Crippen MR) is 103 cm³/mol. The summed E-state index contributed by atoms with van der Waals surface area (Å²) in [6, 6.07) is 6.88. The number of benzene rings is 1.